The molecule has 0 aliphatic heterocycles. The molecule has 0 N–H and O–H groups in total. The fraction of sp³-hybridized carbons (Fsp3) is 0.364. The van der Waals surface area contributed by atoms with Crippen molar-refractivity contribution in [3.63, 3.8) is 0 Å². The lowest BCUT2D eigenvalue weighted by Crippen LogP contribution is -1.94. The summed E-state index contributed by atoms with van der Waals surface area (Å²) in [5, 5.41) is 10.9. The predicted octanol–water partition coefficient (Wildman–Crippen LogP) is 3.16. The van der Waals surface area contributed by atoms with Gasteiger partial charge >= 0.3 is 0 Å². The van der Waals surface area contributed by atoms with Gasteiger partial charge in [0.2, 0.25) is 0 Å². The summed E-state index contributed by atoms with van der Waals surface area (Å²) >= 11 is 5.90. The Morgan fingerprint density at radius 2 is 2.19 bits per heavy atom. The topological polar surface area (TPSA) is 60.2 Å². The number of rotatable bonds is 5. The monoisotopic (exact) mass is 241 g/mol. The van der Waals surface area contributed by atoms with Crippen LogP contribution in [0.3, 0.4) is 0 Å². The SMILES string of the molecule is CC(=O)CCCc1ccc([N+](=O)[O-])cc1Cl. The van der Waals surface area contributed by atoms with E-state index >= 15 is 0 Å². The predicted molar refractivity (Wildman–Crippen MR) is 61.7 cm³/mol. The normalized spacial score (nSPS) is 10.1. The van der Waals surface area contributed by atoms with E-state index in [2.05, 4.69) is 0 Å². The van der Waals surface area contributed by atoms with Gasteiger partial charge in [0.05, 0.1) is 9.95 Å². The maximum atomic E-state index is 10.7. The summed E-state index contributed by atoms with van der Waals surface area (Å²) in [7, 11) is 0. The smallest absolute Gasteiger partial charge is 0.270 e. The number of nitro groups is 1. The Balaban J connectivity index is 2.68. The van der Waals surface area contributed by atoms with Crippen LogP contribution in [-0.2, 0) is 11.2 Å². The van der Waals surface area contributed by atoms with E-state index < -0.39 is 4.92 Å². The number of aryl methyl sites for hydroxylation is 1. The molecule has 86 valence electrons. The number of Topliss-reactive ketones (excluding diaryl/α,β-unsaturated/α-hetero) is 1. The minimum absolute atomic E-state index is 0.0136. The summed E-state index contributed by atoms with van der Waals surface area (Å²) in [5.74, 6) is 0.137. The van der Waals surface area contributed by atoms with Crippen LogP contribution in [0.25, 0.3) is 0 Å². The molecule has 0 spiro atoms. The molecule has 0 amide bonds. The van der Waals surface area contributed by atoms with E-state index in [1.165, 1.54) is 19.1 Å². The highest BCUT2D eigenvalue weighted by Crippen LogP contribution is 2.23. The highest BCUT2D eigenvalue weighted by atomic mass is 35.5. The lowest BCUT2D eigenvalue weighted by molar-refractivity contribution is -0.384. The zero-order valence-electron chi connectivity index (χ0n) is 8.90. The first-order chi connectivity index (χ1) is 7.50. The molecule has 16 heavy (non-hydrogen) atoms. The number of carbonyl (C=O) groups excluding carboxylic acids is 1. The van der Waals surface area contributed by atoms with E-state index in [-0.39, 0.29) is 11.5 Å². The van der Waals surface area contributed by atoms with Crippen molar-refractivity contribution in [2.75, 3.05) is 0 Å². The van der Waals surface area contributed by atoms with Crippen molar-refractivity contribution in [2.45, 2.75) is 26.2 Å². The summed E-state index contributed by atoms with van der Waals surface area (Å²) in [6, 6.07) is 4.40. The van der Waals surface area contributed by atoms with Crippen LogP contribution in [-0.4, -0.2) is 10.7 Å². The van der Waals surface area contributed by atoms with E-state index in [1.54, 1.807) is 6.07 Å². The molecule has 1 aromatic carbocycles. The molecule has 1 aromatic rings. The van der Waals surface area contributed by atoms with E-state index in [9.17, 15) is 14.9 Å². The molecular formula is C11H12ClNO3. The third kappa shape index (κ3) is 3.62. The average molecular weight is 242 g/mol. The second kappa shape index (κ2) is 5.61. The summed E-state index contributed by atoms with van der Waals surface area (Å²) in [5.41, 5.74) is 0.828. The molecule has 4 nitrogen and oxygen atoms in total. The minimum atomic E-state index is -0.481. The minimum Gasteiger partial charge on any atom is -0.300 e. The zero-order valence-corrected chi connectivity index (χ0v) is 9.66. The Hall–Kier alpha value is -1.42. The Bertz CT molecular complexity index is 418. The van der Waals surface area contributed by atoms with Gasteiger partial charge in [-0.05, 0) is 25.3 Å². The fourth-order valence-electron chi connectivity index (χ4n) is 1.38. The largest absolute Gasteiger partial charge is 0.300 e. The molecule has 0 heterocycles. The second-order valence-corrected chi connectivity index (χ2v) is 4.00. The van der Waals surface area contributed by atoms with Gasteiger partial charge < -0.3 is 4.79 Å². The number of hydrogen-bond acceptors (Lipinski definition) is 3. The molecule has 0 aliphatic carbocycles. The number of hydrogen-bond donors (Lipinski definition) is 0. The zero-order chi connectivity index (χ0) is 12.1. The van der Waals surface area contributed by atoms with Gasteiger partial charge in [-0.1, -0.05) is 17.7 Å². The van der Waals surface area contributed by atoms with E-state index in [1.807, 2.05) is 0 Å². The van der Waals surface area contributed by atoms with Gasteiger partial charge in [-0.3, -0.25) is 10.1 Å². The number of ketones is 1. The third-order valence-corrected chi connectivity index (χ3v) is 2.57. The number of benzene rings is 1. The van der Waals surface area contributed by atoms with Crippen molar-refractivity contribution in [3.8, 4) is 0 Å². The van der Waals surface area contributed by atoms with Gasteiger partial charge in [0.15, 0.2) is 0 Å². The van der Waals surface area contributed by atoms with Crippen molar-refractivity contribution in [1.82, 2.24) is 0 Å². The van der Waals surface area contributed by atoms with Gasteiger partial charge in [0.25, 0.3) is 5.69 Å². The van der Waals surface area contributed by atoms with Crippen LogP contribution < -0.4 is 0 Å². The van der Waals surface area contributed by atoms with Gasteiger partial charge in [-0.15, -0.1) is 0 Å². The molecule has 1 rings (SSSR count). The Labute approximate surface area is 98.4 Å². The van der Waals surface area contributed by atoms with E-state index in [0.29, 0.717) is 24.3 Å². The lowest BCUT2D eigenvalue weighted by atomic mass is 10.1. The van der Waals surface area contributed by atoms with Crippen LogP contribution in [0.2, 0.25) is 5.02 Å². The van der Waals surface area contributed by atoms with Crippen LogP contribution >= 0.6 is 11.6 Å². The van der Waals surface area contributed by atoms with Crippen molar-refractivity contribution in [3.05, 3.63) is 38.9 Å². The van der Waals surface area contributed by atoms with Gasteiger partial charge in [0.1, 0.15) is 5.78 Å². The molecule has 0 aromatic heterocycles. The van der Waals surface area contributed by atoms with Gasteiger partial charge in [0, 0.05) is 18.6 Å². The maximum Gasteiger partial charge on any atom is 0.270 e. The molecule has 0 radical (unpaired) electrons. The average Bonchev–Trinajstić information content (AvgIpc) is 2.19. The highest BCUT2D eigenvalue weighted by Gasteiger charge is 2.09. The van der Waals surface area contributed by atoms with Crippen LogP contribution in [0.4, 0.5) is 5.69 Å². The van der Waals surface area contributed by atoms with Crippen LogP contribution in [0.5, 0.6) is 0 Å². The molecule has 0 aliphatic rings. The number of carbonyl (C=O) groups is 1. The lowest BCUT2D eigenvalue weighted by Gasteiger charge is -2.02. The fourth-order valence-corrected chi connectivity index (χ4v) is 1.65. The van der Waals surface area contributed by atoms with Gasteiger partial charge in [-0.2, -0.15) is 0 Å². The quantitative estimate of drug-likeness (QED) is 0.588. The number of halogens is 1. The first-order valence-corrected chi connectivity index (χ1v) is 5.30. The van der Waals surface area contributed by atoms with Crippen LogP contribution in [0.15, 0.2) is 18.2 Å². The highest BCUT2D eigenvalue weighted by molar-refractivity contribution is 6.31. The van der Waals surface area contributed by atoms with E-state index in [0.717, 1.165) is 5.56 Å². The number of non-ortho nitro benzene ring substituents is 1. The second-order valence-electron chi connectivity index (χ2n) is 3.59. The van der Waals surface area contributed by atoms with Crippen LogP contribution in [0, 0.1) is 10.1 Å². The van der Waals surface area contributed by atoms with Crippen molar-refractivity contribution in [1.29, 1.82) is 0 Å². The summed E-state index contributed by atoms with van der Waals surface area (Å²) in [4.78, 5) is 20.7. The first-order valence-electron chi connectivity index (χ1n) is 4.93. The number of nitrogens with zero attached hydrogens (tertiary/aromatic N) is 1. The number of nitro benzene ring substituents is 1. The summed E-state index contributed by atoms with van der Waals surface area (Å²) in [6.07, 6.45) is 1.89. The maximum absolute atomic E-state index is 10.7. The van der Waals surface area contributed by atoms with Crippen molar-refractivity contribution in [2.24, 2.45) is 0 Å². The molecule has 0 bridgehead atoms. The van der Waals surface area contributed by atoms with Gasteiger partial charge in [-0.25, -0.2) is 0 Å². The molecule has 5 heteroatoms. The third-order valence-electron chi connectivity index (χ3n) is 2.22. The summed E-state index contributed by atoms with van der Waals surface area (Å²) in [6.45, 7) is 1.54. The van der Waals surface area contributed by atoms with Crippen molar-refractivity contribution < 1.29 is 9.72 Å². The molecular weight excluding hydrogens is 230 g/mol. The Kier molecular flexibility index (Phi) is 4.43. The van der Waals surface area contributed by atoms with Crippen LogP contribution in [0.1, 0.15) is 25.3 Å². The Morgan fingerprint density at radius 1 is 1.50 bits per heavy atom. The standard InChI is InChI=1S/C11H12ClNO3/c1-8(14)3-2-4-9-5-6-10(13(15)16)7-11(9)12/h5-7H,2-4H2,1H3. The molecule has 0 saturated heterocycles. The Morgan fingerprint density at radius 3 is 2.69 bits per heavy atom. The van der Waals surface area contributed by atoms with Crippen molar-refractivity contribution >= 4 is 23.1 Å². The molecule has 0 saturated carbocycles. The molecule has 0 atom stereocenters. The molecule has 0 fully saturated rings. The van der Waals surface area contributed by atoms with E-state index in [4.69, 9.17) is 11.6 Å². The first kappa shape index (κ1) is 12.6. The molecule has 0 unspecified atom stereocenters. The summed E-state index contributed by atoms with van der Waals surface area (Å²) < 4.78 is 0.